The number of hydrogen-bond donors (Lipinski definition) is 1. The first kappa shape index (κ1) is 10.2. The Morgan fingerprint density at radius 2 is 2.19 bits per heavy atom. The number of fused-ring (bicyclic) bond motifs is 1. The molecule has 1 atom stereocenters. The van der Waals surface area contributed by atoms with Crippen molar-refractivity contribution in [1.82, 2.24) is 5.48 Å². The van der Waals surface area contributed by atoms with Crippen molar-refractivity contribution in [3.05, 3.63) is 35.3 Å². The molecule has 1 aromatic carbocycles. The Kier molecular flexibility index (Phi) is 2.84. The standard InChI is InChI=1S/C8H7N4OP3/c1-2-4-7-6(3-1)5-8(9-13-7)16-11-14-10-15-12-16/h1-5,9,16H. The van der Waals surface area contributed by atoms with Crippen LogP contribution in [0.25, 0.3) is 6.08 Å². The van der Waals surface area contributed by atoms with Crippen LogP contribution in [0.2, 0.25) is 0 Å². The van der Waals surface area contributed by atoms with Gasteiger partial charge in [0, 0.05) is 5.56 Å². The quantitative estimate of drug-likeness (QED) is 0.772. The first-order valence-corrected chi connectivity index (χ1v) is 7.55. The molecule has 2 heterocycles. The Labute approximate surface area is 96.3 Å². The van der Waals surface area contributed by atoms with E-state index in [-0.39, 0.29) is 0 Å². The molecule has 1 aromatic rings. The summed E-state index contributed by atoms with van der Waals surface area (Å²) in [6, 6.07) is 7.87. The third-order valence-corrected chi connectivity index (χ3v) is 5.69. The van der Waals surface area contributed by atoms with E-state index in [0.29, 0.717) is 0 Å². The van der Waals surface area contributed by atoms with Crippen molar-refractivity contribution in [3.8, 4) is 5.75 Å². The molecule has 1 unspecified atom stereocenters. The molecule has 0 saturated heterocycles. The van der Waals surface area contributed by atoms with Crippen LogP contribution < -0.4 is 10.3 Å². The minimum Gasteiger partial charge on any atom is -0.381 e. The fourth-order valence-corrected chi connectivity index (χ4v) is 5.04. The average Bonchev–Trinajstić information content (AvgIpc) is 2.39. The van der Waals surface area contributed by atoms with Gasteiger partial charge in [0.1, 0.15) is 13.3 Å². The Morgan fingerprint density at radius 1 is 1.25 bits per heavy atom. The summed E-state index contributed by atoms with van der Waals surface area (Å²) in [6.45, 7) is 0. The highest BCUT2D eigenvalue weighted by atomic mass is 31.2. The van der Waals surface area contributed by atoms with Crippen LogP contribution in [0.1, 0.15) is 5.56 Å². The Bertz CT molecular complexity index is 552. The van der Waals surface area contributed by atoms with E-state index in [1.165, 1.54) is 0 Å². The third-order valence-electron chi connectivity index (χ3n) is 2.09. The van der Waals surface area contributed by atoms with E-state index in [2.05, 4.69) is 25.1 Å². The molecular weight excluding hydrogens is 261 g/mol. The van der Waals surface area contributed by atoms with Gasteiger partial charge in [-0.3, -0.25) is 0 Å². The second kappa shape index (κ2) is 4.47. The summed E-state index contributed by atoms with van der Waals surface area (Å²) in [5, 5.41) is 0. The third kappa shape index (κ3) is 1.94. The summed E-state index contributed by atoms with van der Waals surface area (Å²) in [5.74, 6) is 0.837. The lowest BCUT2D eigenvalue weighted by molar-refractivity contribution is 0.234. The van der Waals surface area contributed by atoms with Crippen molar-refractivity contribution < 1.29 is 4.84 Å². The van der Waals surface area contributed by atoms with Crippen LogP contribution in [0.4, 0.5) is 0 Å². The molecule has 0 aliphatic carbocycles. The van der Waals surface area contributed by atoms with Crippen LogP contribution in [0.15, 0.2) is 43.3 Å². The molecule has 3 rings (SSSR count). The minimum absolute atomic E-state index is 0.771. The maximum atomic E-state index is 5.44. The predicted molar refractivity (Wildman–Crippen MR) is 67.6 cm³/mol. The summed E-state index contributed by atoms with van der Waals surface area (Å²) in [5.41, 5.74) is 4.94. The lowest BCUT2D eigenvalue weighted by atomic mass is 10.2. The molecule has 0 amide bonds. The van der Waals surface area contributed by atoms with Gasteiger partial charge in [-0.15, -0.1) is 0 Å². The fraction of sp³-hybridized carbons (Fsp3) is 0. The van der Waals surface area contributed by atoms with Crippen LogP contribution in [-0.2, 0) is 0 Å². The highest BCUT2D eigenvalue weighted by Crippen LogP contribution is 2.47. The van der Waals surface area contributed by atoms with Crippen molar-refractivity contribution in [1.29, 1.82) is 0 Å². The number of rotatable bonds is 1. The zero-order chi connectivity index (χ0) is 10.8. The molecule has 0 aromatic heterocycles. The highest BCUT2D eigenvalue weighted by molar-refractivity contribution is 7.62. The van der Waals surface area contributed by atoms with Gasteiger partial charge >= 0.3 is 0 Å². The number of nitrogens with zero attached hydrogens (tertiary/aromatic N) is 3. The Morgan fingerprint density at radius 3 is 3.06 bits per heavy atom. The predicted octanol–water partition coefficient (Wildman–Crippen LogP) is 4.30. The van der Waals surface area contributed by atoms with Gasteiger partial charge in [0.2, 0.25) is 0 Å². The molecule has 1 N–H and O–H groups in total. The number of benzene rings is 1. The zero-order valence-corrected chi connectivity index (χ0v) is 10.8. The number of hydroxylamine groups is 1. The zero-order valence-electron chi connectivity index (χ0n) is 8.03. The second-order valence-electron chi connectivity index (χ2n) is 3.09. The van der Waals surface area contributed by atoms with Crippen molar-refractivity contribution in [3.63, 3.8) is 0 Å². The Hall–Kier alpha value is -1.01. The molecular formula is C8H7N4OP3. The molecule has 0 bridgehead atoms. The van der Waals surface area contributed by atoms with E-state index in [1.807, 2.05) is 24.3 Å². The molecule has 0 spiro atoms. The van der Waals surface area contributed by atoms with Crippen molar-refractivity contribution >= 4 is 31.0 Å². The van der Waals surface area contributed by atoms with E-state index in [1.54, 1.807) is 0 Å². The molecule has 0 saturated carbocycles. The summed E-state index contributed by atoms with van der Waals surface area (Å²) >= 11 is 0. The summed E-state index contributed by atoms with van der Waals surface area (Å²) in [7, 11) is 0.309. The molecule has 2 aliphatic heterocycles. The molecule has 80 valence electrons. The van der Waals surface area contributed by atoms with Gasteiger partial charge < -0.3 is 4.84 Å². The molecule has 5 nitrogen and oxygen atoms in total. The summed E-state index contributed by atoms with van der Waals surface area (Å²) in [4.78, 5) is 5.44. The van der Waals surface area contributed by atoms with Crippen molar-refractivity contribution in [2.45, 2.75) is 0 Å². The number of nitrogens with one attached hydrogen (secondary N) is 1. The fourth-order valence-electron chi connectivity index (χ4n) is 1.37. The van der Waals surface area contributed by atoms with Crippen molar-refractivity contribution in [2.75, 3.05) is 0 Å². The van der Waals surface area contributed by atoms with E-state index in [0.717, 1.165) is 33.8 Å². The molecule has 16 heavy (non-hydrogen) atoms. The smallest absolute Gasteiger partial charge is 0.162 e. The molecule has 0 fully saturated rings. The summed E-state index contributed by atoms with van der Waals surface area (Å²) < 4.78 is 12.7. The lowest BCUT2D eigenvalue weighted by Gasteiger charge is -2.18. The molecule has 2 aliphatic rings. The van der Waals surface area contributed by atoms with Gasteiger partial charge in [-0.1, -0.05) is 18.2 Å². The van der Waals surface area contributed by atoms with Crippen LogP contribution in [0, 0.1) is 0 Å². The highest BCUT2D eigenvalue weighted by Gasteiger charge is 2.13. The SMILES string of the molecule is C1=C([PH]2=NP=NP=N2)NOc2ccccc21. The maximum Gasteiger partial charge on any atom is 0.162 e. The lowest BCUT2D eigenvalue weighted by Crippen LogP contribution is -2.19. The van der Waals surface area contributed by atoms with Crippen LogP contribution >= 0.6 is 24.9 Å². The van der Waals surface area contributed by atoms with Gasteiger partial charge in [0.05, 0.1) is 0 Å². The van der Waals surface area contributed by atoms with Gasteiger partial charge in [0.15, 0.2) is 22.8 Å². The Balaban J connectivity index is 2.01. The number of hydrogen-bond acceptors (Lipinski definition) is 5. The van der Waals surface area contributed by atoms with Gasteiger partial charge in [-0.2, -0.15) is 4.52 Å². The van der Waals surface area contributed by atoms with Crippen LogP contribution in [0.5, 0.6) is 5.75 Å². The first-order chi connectivity index (χ1) is 7.93. The topological polar surface area (TPSA) is 58.3 Å². The van der Waals surface area contributed by atoms with Gasteiger partial charge in [-0.05, 0) is 12.1 Å². The maximum absolute atomic E-state index is 5.44. The normalized spacial score (nSPS) is 23.2. The van der Waals surface area contributed by atoms with E-state index < -0.39 is 7.86 Å². The van der Waals surface area contributed by atoms with Gasteiger partial charge in [0.25, 0.3) is 0 Å². The second-order valence-corrected chi connectivity index (χ2v) is 6.95. The molecule has 0 radical (unpaired) electrons. The van der Waals surface area contributed by atoms with E-state index in [4.69, 9.17) is 4.84 Å². The van der Waals surface area contributed by atoms with Crippen LogP contribution in [-0.4, -0.2) is 0 Å². The monoisotopic (exact) mass is 268 g/mol. The number of para-hydroxylation sites is 1. The minimum atomic E-state index is -1.23. The van der Waals surface area contributed by atoms with E-state index >= 15 is 0 Å². The van der Waals surface area contributed by atoms with Crippen LogP contribution in [0.3, 0.4) is 0 Å². The molecule has 8 heteroatoms. The van der Waals surface area contributed by atoms with E-state index in [9.17, 15) is 0 Å². The summed E-state index contributed by atoms with van der Waals surface area (Å²) in [6.07, 6.45) is 2.05. The average molecular weight is 268 g/mol. The first-order valence-electron chi connectivity index (χ1n) is 4.56. The van der Waals surface area contributed by atoms with Gasteiger partial charge in [-0.25, -0.2) is 14.5 Å². The largest absolute Gasteiger partial charge is 0.381 e. The van der Waals surface area contributed by atoms with Crippen molar-refractivity contribution in [2.24, 2.45) is 13.5 Å².